The Morgan fingerprint density at radius 2 is 2.29 bits per heavy atom. The summed E-state index contributed by atoms with van der Waals surface area (Å²) in [7, 11) is 1.89. The molecule has 1 N–H and O–H groups in total. The number of rotatable bonds is 3. The molecule has 1 atom stereocenters. The molecule has 0 saturated carbocycles. The number of furan rings is 1. The predicted molar refractivity (Wildman–Crippen MR) is 58.7 cm³/mol. The van der Waals surface area contributed by atoms with Crippen LogP contribution in [0.1, 0.15) is 10.9 Å². The third-order valence-corrected chi connectivity index (χ3v) is 2.63. The fraction of sp³-hybridized carbons (Fsp3) is 0.273. The van der Waals surface area contributed by atoms with Crippen LogP contribution in [0.25, 0.3) is 11.0 Å². The topological polar surface area (TPSA) is 25.2 Å². The molecule has 1 aromatic carbocycles. The molecule has 0 radical (unpaired) electrons. The molecule has 0 amide bonds. The smallest absolute Gasteiger partial charge is 0.133 e. The summed E-state index contributed by atoms with van der Waals surface area (Å²) in [5, 5.41) is 4.17. The van der Waals surface area contributed by atoms with Crippen LogP contribution in [0.4, 0.5) is 0 Å². The van der Waals surface area contributed by atoms with Crippen molar-refractivity contribution in [3.05, 3.63) is 36.1 Å². The van der Waals surface area contributed by atoms with E-state index >= 15 is 0 Å². The van der Waals surface area contributed by atoms with Gasteiger partial charge in [-0.3, -0.25) is 0 Å². The Morgan fingerprint density at radius 3 is 3.07 bits per heavy atom. The number of likely N-dealkylation sites (N-methyl/N-ethyl adjacent to an activating group) is 1. The monoisotopic (exact) mass is 209 g/mol. The van der Waals surface area contributed by atoms with E-state index in [1.165, 1.54) is 0 Å². The van der Waals surface area contributed by atoms with E-state index in [0.29, 0.717) is 0 Å². The van der Waals surface area contributed by atoms with Gasteiger partial charge >= 0.3 is 0 Å². The second-order valence-electron chi connectivity index (χ2n) is 3.24. The highest BCUT2D eigenvalue weighted by Crippen LogP contribution is 2.24. The van der Waals surface area contributed by atoms with Crippen molar-refractivity contribution in [2.24, 2.45) is 0 Å². The van der Waals surface area contributed by atoms with E-state index in [0.717, 1.165) is 23.1 Å². The lowest BCUT2D eigenvalue weighted by molar-refractivity contribution is 0.615. The quantitative estimate of drug-likeness (QED) is 0.787. The number of halogens is 1. The van der Waals surface area contributed by atoms with Crippen molar-refractivity contribution in [2.45, 2.75) is 5.38 Å². The van der Waals surface area contributed by atoms with E-state index in [4.69, 9.17) is 16.0 Å². The Hall–Kier alpha value is -0.990. The van der Waals surface area contributed by atoms with Crippen molar-refractivity contribution in [1.29, 1.82) is 0 Å². The molecular weight excluding hydrogens is 198 g/mol. The van der Waals surface area contributed by atoms with Gasteiger partial charge in [0.25, 0.3) is 0 Å². The first-order valence-corrected chi connectivity index (χ1v) is 5.00. The number of hydrogen-bond donors (Lipinski definition) is 1. The SMILES string of the molecule is CNCC(Cl)c1ccc2occc2c1. The van der Waals surface area contributed by atoms with Crippen LogP contribution in [-0.2, 0) is 0 Å². The summed E-state index contributed by atoms with van der Waals surface area (Å²) in [6.45, 7) is 0.769. The van der Waals surface area contributed by atoms with Crippen LogP contribution in [-0.4, -0.2) is 13.6 Å². The summed E-state index contributed by atoms with van der Waals surface area (Å²) in [4.78, 5) is 0. The van der Waals surface area contributed by atoms with Crippen LogP contribution < -0.4 is 5.32 Å². The van der Waals surface area contributed by atoms with Crippen molar-refractivity contribution < 1.29 is 4.42 Å². The molecule has 0 aliphatic heterocycles. The molecular formula is C11H12ClNO. The highest BCUT2D eigenvalue weighted by molar-refractivity contribution is 6.21. The van der Waals surface area contributed by atoms with Crippen LogP contribution in [0.2, 0.25) is 0 Å². The lowest BCUT2D eigenvalue weighted by atomic mass is 10.1. The van der Waals surface area contributed by atoms with Gasteiger partial charge in [-0.1, -0.05) is 6.07 Å². The zero-order valence-corrected chi connectivity index (χ0v) is 8.71. The maximum absolute atomic E-state index is 6.18. The second kappa shape index (κ2) is 4.03. The highest BCUT2D eigenvalue weighted by atomic mass is 35.5. The predicted octanol–water partition coefficient (Wildman–Crippen LogP) is 2.93. The average Bonchev–Trinajstić information content (AvgIpc) is 2.64. The fourth-order valence-corrected chi connectivity index (χ4v) is 1.77. The van der Waals surface area contributed by atoms with Crippen molar-refractivity contribution in [3.63, 3.8) is 0 Å². The molecule has 1 heterocycles. The molecule has 0 spiro atoms. The first-order chi connectivity index (χ1) is 6.81. The summed E-state index contributed by atoms with van der Waals surface area (Å²) in [5.41, 5.74) is 2.02. The van der Waals surface area contributed by atoms with Crippen LogP contribution in [0.5, 0.6) is 0 Å². The van der Waals surface area contributed by atoms with Gasteiger partial charge in [-0.25, -0.2) is 0 Å². The maximum Gasteiger partial charge on any atom is 0.133 e. The van der Waals surface area contributed by atoms with Gasteiger partial charge in [0.1, 0.15) is 5.58 Å². The molecule has 2 aromatic rings. The summed E-state index contributed by atoms with van der Waals surface area (Å²) >= 11 is 6.18. The number of fused-ring (bicyclic) bond motifs is 1. The minimum absolute atomic E-state index is 0.0132. The molecule has 0 fully saturated rings. The number of nitrogens with one attached hydrogen (secondary N) is 1. The van der Waals surface area contributed by atoms with E-state index in [-0.39, 0.29) is 5.38 Å². The first-order valence-electron chi connectivity index (χ1n) is 4.57. The lowest BCUT2D eigenvalue weighted by Crippen LogP contribution is -2.12. The lowest BCUT2D eigenvalue weighted by Gasteiger charge is -2.08. The molecule has 0 bridgehead atoms. The maximum atomic E-state index is 6.18. The van der Waals surface area contributed by atoms with Gasteiger partial charge in [-0.15, -0.1) is 11.6 Å². The van der Waals surface area contributed by atoms with Crippen LogP contribution in [0.15, 0.2) is 34.9 Å². The zero-order chi connectivity index (χ0) is 9.97. The molecule has 2 nitrogen and oxygen atoms in total. The minimum Gasteiger partial charge on any atom is -0.464 e. The highest BCUT2D eigenvalue weighted by Gasteiger charge is 2.07. The van der Waals surface area contributed by atoms with Gasteiger partial charge in [0.2, 0.25) is 0 Å². The summed E-state index contributed by atoms with van der Waals surface area (Å²) in [6.07, 6.45) is 1.69. The Labute approximate surface area is 87.9 Å². The van der Waals surface area contributed by atoms with Gasteiger partial charge in [0.05, 0.1) is 11.6 Å². The Morgan fingerprint density at radius 1 is 1.43 bits per heavy atom. The number of alkyl halides is 1. The molecule has 74 valence electrons. The Kier molecular flexibility index (Phi) is 2.75. The van der Waals surface area contributed by atoms with Gasteiger partial charge in [0.15, 0.2) is 0 Å². The van der Waals surface area contributed by atoms with Gasteiger partial charge in [0, 0.05) is 11.9 Å². The molecule has 0 saturated heterocycles. The zero-order valence-electron chi connectivity index (χ0n) is 7.96. The average molecular weight is 210 g/mol. The van der Waals surface area contributed by atoms with Gasteiger partial charge in [-0.2, -0.15) is 0 Å². The summed E-state index contributed by atoms with van der Waals surface area (Å²) in [5.74, 6) is 0. The third-order valence-electron chi connectivity index (χ3n) is 2.22. The molecule has 1 aromatic heterocycles. The summed E-state index contributed by atoms with van der Waals surface area (Å²) in [6, 6.07) is 7.96. The normalized spacial score (nSPS) is 13.3. The molecule has 3 heteroatoms. The molecule has 2 rings (SSSR count). The third kappa shape index (κ3) is 1.76. The second-order valence-corrected chi connectivity index (χ2v) is 3.77. The first kappa shape index (κ1) is 9.56. The Balaban J connectivity index is 2.33. The van der Waals surface area contributed by atoms with E-state index in [1.54, 1.807) is 6.26 Å². The van der Waals surface area contributed by atoms with Crippen molar-refractivity contribution in [1.82, 2.24) is 5.32 Å². The molecule has 1 unspecified atom stereocenters. The van der Waals surface area contributed by atoms with E-state index in [9.17, 15) is 0 Å². The number of hydrogen-bond acceptors (Lipinski definition) is 2. The standard InChI is InChI=1S/C11H12ClNO/c1-13-7-10(12)8-2-3-11-9(6-8)4-5-14-11/h2-6,10,13H,7H2,1H3. The number of benzene rings is 1. The van der Waals surface area contributed by atoms with Crippen LogP contribution >= 0.6 is 11.6 Å². The van der Waals surface area contributed by atoms with Gasteiger partial charge < -0.3 is 9.73 Å². The molecule has 0 aliphatic rings. The fourth-order valence-electron chi connectivity index (χ4n) is 1.48. The largest absolute Gasteiger partial charge is 0.464 e. The summed E-state index contributed by atoms with van der Waals surface area (Å²) < 4.78 is 5.25. The van der Waals surface area contributed by atoms with E-state index < -0.39 is 0 Å². The van der Waals surface area contributed by atoms with Crippen LogP contribution in [0.3, 0.4) is 0 Å². The van der Waals surface area contributed by atoms with E-state index in [2.05, 4.69) is 11.4 Å². The Bertz CT molecular complexity index is 424. The van der Waals surface area contributed by atoms with Gasteiger partial charge in [-0.05, 0) is 30.8 Å². The van der Waals surface area contributed by atoms with E-state index in [1.807, 2.05) is 25.2 Å². The van der Waals surface area contributed by atoms with Crippen molar-refractivity contribution in [2.75, 3.05) is 13.6 Å². The molecule has 14 heavy (non-hydrogen) atoms. The minimum atomic E-state index is 0.0132. The van der Waals surface area contributed by atoms with Crippen molar-refractivity contribution >= 4 is 22.6 Å². The van der Waals surface area contributed by atoms with Crippen LogP contribution in [0, 0.1) is 0 Å². The molecule has 0 aliphatic carbocycles. The van der Waals surface area contributed by atoms with Crippen molar-refractivity contribution in [3.8, 4) is 0 Å².